The van der Waals surface area contributed by atoms with Crippen LogP contribution in [0.5, 0.6) is 0 Å². The van der Waals surface area contributed by atoms with Gasteiger partial charge >= 0.3 is 6.18 Å². The van der Waals surface area contributed by atoms with E-state index < -0.39 is 18.3 Å². The Morgan fingerprint density at radius 3 is 2.90 bits per heavy atom. The largest absolute Gasteiger partial charge is 0.410 e. The molecule has 0 unspecified atom stereocenters. The molecule has 2 saturated heterocycles. The number of anilines is 1. The highest BCUT2D eigenvalue weighted by atomic mass is 32.1. The number of halogens is 3. The van der Waals surface area contributed by atoms with Crippen LogP contribution in [-0.4, -0.2) is 63.9 Å². The van der Waals surface area contributed by atoms with E-state index in [4.69, 9.17) is 0 Å². The van der Waals surface area contributed by atoms with Gasteiger partial charge in [-0.15, -0.1) is 11.3 Å². The van der Waals surface area contributed by atoms with E-state index in [9.17, 15) is 18.0 Å². The third-order valence-electron chi connectivity index (χ3n) is 6.17. The quantitative estimate of drug-likeness (QED) is 0.800. The number of aromatic nitrogens is 2. The van der Waals surface area contributed by atoms with Crippen molar-refractivity contribution in [3.05, 3.63) is 34.2 Å². The topological polar surface area (TPSA) is 53.4 Å². The first-order valence-electron chi connectivity index (χ1n) is 9.89. The summed E-state index contributed by atoms with van der Waals surface area (Å²) in [5.41, 5.74) is 0.0834. The van der Waals surface area contributed by atoms with Gasteiger partial charge in [0.05, 0.1) is 6.04 Å². The van der Waals surface area contributed by atoms with Crippen molar-refractivity contribution < 1.29 is 18.0 Å². The van der Waals surface area contributed by atoms with Crippen LogP contribution in [0, 0.1) is 0 Å². The van der Waals surface area contributed by atoms with E-state index in [0.29, 0.717) is 19.1 Å². The zero-order valence-corrected chi connectivity index (χ0v) is 16.5. The maximum atomic E-state index is 13.8. The molecule has 10 heteroatoms. The molecule has 2 aromatic heterocycles. The summed E-state index contributed by atoms with van der Waals surface area (Å²) in [7, 11) is 0. The van der Waals surface area contributed by atoms with E-state index in [1.165, 1.54) is 17.4 Å². The van der Waals surface area contributed by atoms with Gasteiger partial charge in [-0.05, 0) is 30.8 Å². The predicted molar refractivity (Wildman–Crippen MR) is 103 cm³/mol. The zero-order chi connectivity index (χ0) is 20.2. The Kier molecular flexibility index (Phi) is 4.58. The van der Waals surface area contributed by atoms with E-state index >= 15 is 0 Å². The Bertz CT molecular complexity index is 896. The summed E-state index contributed by atoms with van der Waals surface area (Å²) in [6.45, 7) is 3.08. The predicted octanol–water partition coefficient (Wildman–Crippen LogP) is 3.53. The van der Waals surface area contributed by atoms with E-state index in [-0.39, 0.29) is 23.8 Å². The van der Waals surface area contributed by atoms with Crippen LogP contribution in [0.3, 0.4) is 0 Å². The van der Waals surface area contributed by atoms with Gasteiger partial charge in [-0.2, -0.15) is 18.3 Å². The highest BCUT2D eigenvalue weighted by Gasteiger charge is 2.47. The third kappa shape index (κ3) is 3.42. The molecule has 1 N–H and O–H groups in total. The molecule has 6 nitrogen and oxygen atoms in total. The number of hydrogen-bond donors (Lipinski definition) is 1. The molecule has 3 atom stereocenters. The second kappa shape index (κ2) is 7.02. The number of fused-ring (bicyclic) bond motifs is 2. The van der Waals surface area contributed by atoms with Gasteiger partial charge in [0.1, 0.15) is 5.82 Å². The molecule has 3 aliphatic rings. The molecule has 0 radical (unpaired) electrons. The fourth-order valence-electron chi connectivity index (χ4n) is 4.69. The molecule has 3 aliphatic heterocycles. The number of alkyl halides is 3. The van der Waals surface area contributed by atoms with Gasteiger partial charge in [0.25, 0.3) is 5.91 Å². The number of thiophene rings is 1. The lowest BCUT2D eigenvalue weighted by molar-refractivity contribution is -0.173. The maximum Gasteiger partial charge on any atom is 0.410 e. The number of amides is 1. The number of carbonyl (C=O) groups is 1. The molecule has 2 fully saturated rings. The molecule has 1 amide bonds. The smallest absolute Gasteiger partial charge is 0.363 e. The molecule has 29 heavy (non-hydrogen) atoms. The zero-order valence-electron chi connectivity index (χ0n) is 15.7. The Morgan fingerprint density at radius 2 is 2.14 bits per heavy atom. The van der Waals surface area contributed by atoms with Crippen molar-refractivity contribution in [1.82, 2.24) is 19.6 Å². The summed E-state index contributed by atoms with van der Waals surface area (Å²) >= 11 is 1.42. The summed E-state index contributed by atoms with van der Waals surface area (Å²) in [6, 6.07) is 3.29. The van der Waals surface area contributed by atoms with Crippen LogP contribution in [0.2, 0.25) is 0 Å². The van der Waals surface area contributed by atoms with E-state index in [0.717, 1.165) is 35.5 Å². The summed E-state index contributed by atoms with van der Waals surface area (Å²) in [5.74, 6) is -0.0336. The number of rotatable bonds is 2. The van der Waals surface area contributed by atoms with Crippen LogP contribution in [0.1, 0.15) is 46.7 Å². The van der Waals surface area contributed by atoms with Gasteiger partial charge in [0.15, 0.2) is 11.7 Å². The minimum atomic E-state index is -4.44. The van der Waals surface area contributed by atoms with Crippen LogP contribution < -0.4 is 5.32 Å². The minimum absolute atomic E-state index is 0.0834. The Morgan fingerprint density at radius 1 is 1.28 bits per heavy atom. The maximum absolute atomic E-state index is 13.8. The molecule has 5 rings (SSSR count). The van der Waals surface area contributed by atoms with E-state index in [1.807, 2.05) is 17.5 Å². The third-order valence-corrected chi connectivity index (χ3v) is 7.16. The van der Waals surface area contributed by atoms with Gasteiger partial charge in [-0.3, -0.25) is 9.69 Å². The molecular weight excluding hydrogens is 403 g/mol. The van der Waals surface area contributed by atoms with Crippen LogP contribution in [0.4, 0.5) is 19.0 Å². The van der Waals surface area contributed by atoms with E-state index in [1.54, 1.807) is 4.90 Å². The van der Waals surface area contributed by atoms with Gasteiger partial charge in [0.2, 0.25) is 0 Å². The molecule has 0 aliphatic carbocycles. The molecule has 5 heterocycles. The lowest BCUT2D eigenvalue weighted by Crippen LogP contribution is -2.52. The first-order chi connectivity index (χ1) is 13.9. The number of piperazine rings is 1. The van der Waals surface area contributed by atoms with Crippen molar-refractivity contribution in [2.45, 2.75) is 43.6 Å². The monoisotopic (exact) mass is 425 g/mol. The Labute approximate surface area is 170 Å². The van der Waals surface area contributed by atoms with Crippen LogP contribution in [-0.2, 0) is 0 Å². The Balaban J connectivity index is 1.42. The second-order valence-electron chi connectivity index (χ2n) is 7.95. The molecule has 156 valence electrons. The summed E-state index contributed by atoms with van der Waals surface area (Å²) < 4.78 is 42.2. The fourth-order valence-corrected chi connectivity index (χ4v) is 5.48. The fraction of sp³-hybridized carbons (Fsp3) is 0.579. The van der Waals surface area contributed by atoms with Gasteiger partial charge in [-0.1, -0.05) is 6.07 Å². The first-order valence-corrected chi connectivity index (χ1v) is 10.8. The summed E-state index contributed by atoms with van der Waals surface area (Å²) in [6.07, 6.45) is -2.39. The molecule has 0 saturated carbocycles. The van der Waals surface area contributed by atoms with Crippen molar-refractivity contribution in [2.24, 2.45) is 0 Å². The highest BCUT2D eigenvalue weighted by molar-refractivity contribution is 7.10. The number of nitrogens with zero attached hydrogens (tertiary/aromatic N) is 4. The van der Waals surface area contributed by atoms with E-state index in [2.05, 4.69) is 15.3 Å². The van der Waals surface area contributed by atoms with Gasteiger partial charge in [-0.25, -0.2) is 4.68 Å². The Hall–Kier alpha value is -2.07. The lowest BCUT2D eigenvalue weighted by Gasteiger charge is -2.37. The van der Waals surface area contributed by atoms with Crippen molar-refractivity contribution in [3.8, 4) is 0 Å². The first kappa shape index (κ1) is 18.9. The van der Waals surface area contributed by atoms with Crippen LogP contribution in [0.15, 0.2) is 23.6 Å². The number of nitrogens with one attached hydrogen (secondary N) is 1. The van der Waals surface area contributed by atoms with Gasteiger partial charge in [0, 0.05) is 43.0 Å². The molecule has 0 spiro atoms. The number of hydrogen-bond acceptors (Lipinski definition) is 5. The lowest BCUT2D eigenvalue weighted by atomic mass is 10.0. The normalized spacial score (nSPS) is 27.4. The minimum Gasteiger partial charge on any atom is -0.363 e. The molecule has 2 aromatic rings. The van der Waals surface area contributed by atoms with Crippen molar-refractivity contribution in [3.63, 3.8) is 0 Å². The second-order valence-corrected chi connectivity index (χ2v) is 8.93. The molecule has 0 aromatic carbocycles. The van der Waals surface area contributed by atoms with Crippen molar-refractivity contribution in [1.29, 1.82) is 0 Å². The van der Waals surface area contributed by atoms with Crippen LogP contribution >= 0.6 is 11.3 Å². The standard InChI is InChI=1S/C19H22F3N5OS/c20-19(21,22)16-9-13(15-4-2-8-29-15)23-17-10-14(24-27(16)17)18(28)26-7-6-25-5-1-3-12(25)11-26/h2,4,8,10,12-13,16,23H,1,3,5-7,9,11H2/t12-,13-,16-/m0/s1. The van der Waals surface area contributed by atoms with Crippen molar-refractivity contribution >= 4 is 23.1 Å². The molecule has 0 bridgehead atoms. The SMILES string of the molecule is O=C(c1cc2n(n1)[C@H](C(F)(F)F)C[C@@H](c1cccs1)N2)N1CCN2CCC[C@H]2C1. The summed E-state index contributed by atoms with van der Waals surface area (Å²) in [4.78, 5) is 18.0. The average molecular weight is 425 g/mol. The summed E-state index contributed by atoms with van der Waals surface area (Å²) in [5, 5.41) is 9.11. The highest BCUT2D eigenvalue weighted by Crippen LogP contribution is 2.44. The number of carbonyl (C=O) groups excluding carboxylic acids is 1. The average Bonchev–Trinajstić information content (AvgIpc) is 3.44. The molecular formula is C19H22F3N5OS. The van der Waals surface area contributed by atoms with Gasteiger partial charge < -0.3 is 10.2 Å². The van der Waals surface area contributed by atoms with Crippen LogP contribution in [0.25, 0.3) is 0 Å². The van der Waals surface area contributed by atoms with Crippen molar-refractivity contribution in [2.75, 3.05) is 31.5 Å².